The smallest absolute Gasteiger partial charge is 0.328 e. The normalized spacial score (nSPS) is 28.0. The molecule has 2 fully saturated rings. The number of aryl methyl sites for hydroxylation is 1. The molecule has 0 saturated carbocycles. The Labute approximate surface area is 164 Å². The van der Waals surface area contributed by atoms with Gasteiger partial charge >= 0.3 is 5.69 Å². The molecule has 4 rings (SSSR count). The molecular formula is C17H23N5O7. The van der Waals surface area contributed by atoms with Crippen molar-refractivity contribution in [1.82, 2.24) is 25.0 Å². The van der Waals surface area contributed by atoms with E-state index in [9.17, 15) is 14.7 Å². The maximum absolute atomic E-state index is 11.9. The van der Waals surface area contributed by atoms with Crippen LogP contribution < -0.4 is 11.2 Å². The van der Waals surface area contributed by atoms with Crippen LogP contribution in [0.2, 0.25) is 0 Å². The molecule has 0 spiro atoms. The van der Waals surface area contributed by atoms with Crippen LogP contribution in [-0.2, 0) is 32.1 Å². The molecule has 0 amide bonds. The van der Waals surface area contributed by atoms with E-state index in [4.69, 9.17) is 18.9 Å². The van der Waals surface area contributed by atoms with Gasteiger partial charge in [-0.3, -0.25) is 14.3 Å². The van der Waals surface area contributed by atoms with Crippen molar-refractivity contribution in [2.45, 2.75) is 64.3 Å². The van der Waals surface area contributed by atoms with Crippen molar-refractivity contribution in [3.63, 3.8) is 0 Å². The van der Waals surface area contributed by atoms with Gasteiger partial charge in [0.1, 0.15) is 29.7 Å². The summed E-state index contributed by atoms with van der Waals surface area (Å²) in [7, 11) is 0. The first-order valence-corrected chi connectivity index (χ1v) is 9.19. The van der Waals surface area contributed by atoms with E-state index in [2.05, 4.69) is 20.4 Å². The number of hydrogen-bond acceptors (Lipinski definition) is 9. The van der Waals surface area contributed by atoms with Crippen molar-refractivity contribution in [3.05, 3.63) is 44.0 Å². The van der Waals surface area contributed by atoms with Gasteiger partial charge in [-0.25, -0.2) is 4.79 Å². The highest BCUT2D eigenvalue weighted by molar-refractivity contribution is 5.10. The number of aromatic amines is 2. The number of hydrogen-bond donors (Lipinski definition) is 3. The van der Waals surface area contributed by atoms with Gasteiger partial charge in [0, 0.05) is 11.8 Å². The van der Waals surface area contributed by atoms with E-state index in [1.807, 2.05) is 0 Å². The zero-order valence-electron chi connectivity index (χ0n) is 16.2. The molecule has 12 nitrogen and oxygen atoms in total. The Balaban J connectivity index is 1.34. The summed E-state index contributed by atoms with van der Waals surface area (Å²) in [5.74, 6) is -0.796. The molecule has 0 bridgehead atoms. The zero-order chi connectivity index (χ0) is 20.8. The van der Waals surface area contributed by atoms with Crippen LogP contribution in [0.3, 0.4) is 0 Å². The van der Waals surface area contributed by atoms with E-state index in [0.717, 1.165) is 0 Å². The number of aliphatic hydroxyl groups is 1. The highest BCUT2D eigenvalue weighted by Gasteiger charge is 2.54. The van der Waals surface area contributed by atoms with Crippen molar-refractivity contribution >= 4 is 0 Å². The van der Waals surface area contributed by atoms with Crippen LogP contribution in [0.15, 0.2) is 15.8 Å². The SMILES string of the molecule is Cc1cn(Cc2n[nH]nc2COC[C@H]2O[C@@H]3OC(C)(C)O[C@@H]3[C@H]2O)c(=O)[nH]c1=O. The van der Waals surface area contributed by atoms with Crippen molar-refractivity contribution in [2.24, 2.45) is 0 Å². The Hall–Kier alpha value is -2.38. The number of H-pyrrole nitrogens is 2. The van der Waals surface area contributed by atoms with Crippen LogP contribution in [0.5, 0.6) is 0 Å². The first kappa shape index (κ1) is 19.9. The minimum Gasteiger partial charge on any atom is -0.387 e. The summed E-state index contributed by atoms with van der Waals surface area (Å²) >= 11 is 0. The molecule has 2 aromatic rings. The molecule has 0 radical (unpaired) electrons. The van der Waals surface area contributed by atoms with Crippen molar-refractivity contribution in [2.75, 3.05) is 6.61 Å². The zero-order valence-corrected chi connectivity index (χ0v) is 16.2. The quantitative estimate of drug-likeness (QED) is 0.532. The van der Waals surface area contributed by atoms with Crippen molar-refractivity contribution in [3.8, 4) is 0 Å². The standard InChI is InChI=1S/C17H23N5O7/c1-8-4-22(16(25)18-14(8)24)5-9-10(20-21-19-9)6-26-7-11-12(23)13-15(27-11)29-17(2,3)28-13/h4,11-13,15,23H,5-7H2,1-3H3,(H,18,24,25)(H,19,20,21)/t11-,12+,13-,15-/m1/s1. The molecular weight excluding hydrogens is 386 g/mol. The van der Waals surface area contributed by atoms with E-state index >= 15 is 0 Å². The molecule has 2 aliphatic heterocycles. The second-order valence-electron chi connectivity index (χ2n) is 7.57. The van der Waals surface area contributed by atoms with Crippen molar-refractivity contribution < 1.29 is 24.1 Å². The minimum atomic E-state index is -0.874. The monoisotopic (exact) mass is 409 g/mol. The fourth-order valence-corrected chi connectivity index (χ4v) is 3.38. The number of nitrogens with zero attached hydrogens (tertiary/aromatic N) is 3. The molecule has 158 valence electrons. The molecule has 2 aromatic heterocycles. The van der Waals surface area contributed by atoms with Gasteiger partial charge in [-0.15, -0.1) is 0 Å². The third-order valence-electron chi connectivity index (χ3n) is 4.85. The summed E-state index contributed by atoms with van der Waals surface area (Å²) in [6.07, 6.45) is -1.20. The number of aromatic nitrogens is 5. The van der Waals surface area contributed by atoms with Crippen LogP contribution in [0.1, 0.15) is 30.8 Å². The lowest BCUT2D eigenvalue weighted by Crippen LogP contribution is -2.36. The number of ether oxygens (including phenoxy) is 4. The third-order valence-corrected chi connectivity index (χ3v) is 4.85. The maximum Gasteiger partial charge on any atom is 0.328 e. The number of fused-ring (bicyclic) bond motifs is 1. The van der Waals surface area contributed by atoms with E-state index in [-0.39, 0.29) is 19.8 Å². The second kappa shape index (κ2) is 7.46. The summed E-state index contributed by atoms with van der Waals surface area (Å²) in [5.41, 5.74) is 0.453. The molecule has 0 unspecified atom stereocenters. The van der Waals surface area contributed by atoms with Gasteiger partial charge in [0.2, 0.25) is 0 Å². The molecule has 0 aliphatic carbocycles. The van der Waals surface area contributed by atoms with Crippen LogP contribution in [0.4, 0.5) is 0 Å². The van der Waals surface area contributed by atoms with E-state index in [1.165, 1.54) is 10.8 Å². The Morgan fingerprint density at radius 2 is 2.03 bits per heavy atom. The summed E-state index contributed by atoms with van der Waals surface area (Å²) in [4.78, 5) is 25.7. The largest absolute Gasteiger partial charge is 0.387 e. The molecule has 29 heavy (non-hydrogen) atoms. The molecule has 3 N–H and O–H groups in total. The first-order chi connectivity index (χ1) is 13.7. The van der Waals surface area contributed by atoms with Gasteiger partial charge < -0.3 is 24.1 Å². The topological polar surface area (TPSA) is 154 Å². The van der Waals surface area contributed by atoms with E-state index in [1.54, 1.807) is 20.8 Å². The van der Waals surface area contributed by atoms with Crippen LogP contribution in [-0.4, -0.2) is 67.1 Å². The fraction of sp³-hybridized carbons (Fsp3) is 0.647. The van der Waals surface area contributed by atoms with E-state index < -0.39 is 41.6 Å². The van der Waals surface area contributed by atoms with Gasteiger partial charge in [-0.2, -0.15) is 15.4 Å². The molecule has 2 aliphatic rings. The molecule has 2 saturated heterocycles. The second-order valence-corrected chi connectivity index (χ2v) is 7.57. The van der Waals surface area contributed by atoms with Gasteiger partial charge in [-0.05, 0) is 20.8 Å². The Morgan fingerprint density at radius 1 is 1.28 bits per heavy atom. The lowest BCUT2D eigenvalue weighted by Gasteiger charge is -2.22. The predicted molar refractivity (Wildman–Crippen MR) is 95.9 cm³/mol. The fourth-order valence-electron chi connectivity index (χ4n) is 3.38. The first-order valence-electron chi connectivity index (χ1n) is 9.19. The van der Waals surface area contributed by atoms with Crippen LogP contribution in [0.25, 0.3) is 0 Å². The van der Waals surface area contributed by atoms with Crippen molar-refractivity contribution in [1.29, 1.82) is 0 Å². The Bertz CT molecular complexity index is 997. The molecule has 4 heterocycles. The predicted octanol–water partition coefficient (Wildman–Crippen LogP) is -1.23. The van der Waals surface area contributed by atoms with Crippen LogP contribution >= 0.6 is 0 Å². The molecule has 4 atom stereocenters. The average molecular weight is 409 g/mol. The van der Waals surface area contributed by atoms with E-state index in [0.29, 0.717) is 17.0 Å². The van der Waals surface area contributed by atoms with Gasteiger partial charge in [0.15, 0.2) is 12.1 Å². The lowest BCUT2D eigenvalue weighted by molar-refractivity contribution is -0.220. The maximum atomic E-state index is 11.9. The minimum absolute atomic E-state index is 0.0953. The Kier molecular flexibility index (Phi) is 5.12. The number of nitrogens with one attached hydrogen (secondary N) is 2. The van der Waals surface area contributed by atoms with Gasteiger partial charge in [0.05, 0.1) is 19.8 Å². The average Bonchev–Trinajstić information content (AvgIpc) is 3.28. The summed E-state index contributed by atoms with van der Waals surface area (Å²) < 4.78 is 23.9. The highest BCUT2D eigenvalue weighted by atomic mass is 16.8. The number of aliphatic hydroxyl groups excluding tert-OH is 1. The lowest BCUT2D eigenvalue weighted by atomic mass is 10.1. The molecule has 0 aromatic carbocycles. The van der Waals surface area contributed by atoms with Crippen LogP contribution in [0, 0.1) is 6.92 Å². The summed E-state index contributed by atoms with van der Waals surface area (Å²) in [6, 6.07) is 0. The highest BCUT2D eigenvalue weighted by Crippen LogP contribution is 2.37. The third kappa shape index (κ3) is 4.02. The summed E-state index contributed by atoms with van der Waals surface area (Å²) in [5, 5.41) is 21.0. The van der Waals surface area contributed by atoms with Gasteiger partial charge in [0.25, 0.3) is 5.56 Å². The Morgan fingerprint density at radius 3 is 2.79 bits per heavy atom. The number of rotatable bonds is 6. The summed E-state index contributed by atoms with van der Waals surface area (Å²) in [6.45, 7) is 5.44. The molecule has 12 heteroatoms. The van der Waals surface area contributed by atoms with Gasteiger partial charge in [-0.1, -0.05) is 0 Å².